The molecule has 0 aliphatic heterocycles. The van der Waals surface area contributed by atoms with Gasteiger partial charge in [0.05, 0.1) is 29.2 Å². The number of hydrogen-bond donors (Lipinski definition) is 0. The molecule has 26 heavy (non-hydrogen) atoms. The smallest absolute Gasteiger partial charge is 0.137 e. The second kappa shape index (κ2) is 5.67. The summed E-state index contributed by atoms with van der Waals surface area (Å²) in [6, 6.07) is 8.48. The number of thiophene rings is 1. The third-order valence-corrected chi connectivity index (χ3v) is 5.56. The lowest BCUT2D eigenvalue weighted by molar-refractivity contribution is 0.768. The second-order valence-electron chi connectivity index (χ2n) is 6.26. The average molecular weight is 360 g/mol. The van der Waals surface area contributed by atoms with Crippen LogP contribution in [0.15, 0.2) is 61.4 Å². The molecule has 0 spiro atoms. The van der Waals surface area contributed by atoms with Crippen LogP contribution in [0, 0.1) is 0 Å². The van der Waals surface area contributed by atoms with Gasteiger partial charge in [0, 0.05) is 48.7 Å². The van der Waals surface area contributed by atoms with E-state index in [1.807, 2.05) is 54.4 Å². The molecule has 0 aliphatic rings. The number of hydrogen-bond acceptors (Lipinski definition) is 4. The maximum Gasteiger partial charge on any atom is 0.137 e. The number of fused-ring (bicyclic) bond motifs is 1. The van der Waals surface area contributed by atoms with Crippen molar-refractivity contribution in [2.45, 2.75) is 0 Å². The van der Waals surface area contributed by atoms with Gasteiger partial charge in [-0.15, -0.1) is 11.3 Å². The van der Waals surface area contributed by atoms with Gasteiger partial charge in [-0.25, -0.2) is 4.98 Å². The minimum Gasteiger partial charge on any atom is -0.299 e. The van der Waals surface area contributed by atoms with Gasteiger partial charge in [-0.2, -0.15) is 10.2 Å². The van der Waals surface area contributed by atoms with Crippen LogP contribution in [0.3, 0.4) is 0 Å². The monoisotopic (exact) mass is 360 g/mol. The zero-order valence-corrected chi connectivity index (χ0v) is 15.2. The summed E-state index contributed by atoms with van der Waals surface area (Å²) in [6.07, 6.45) is 11.8. The first-order valence-electron chi connectivity index (χ1n) is 8.23. The van der Waals surface area contributed by atoms with Crippen molar-refractivity contribution in [2.24, 2.45) is 14.1 Å². The average Bonchev–Trinajstić information content (AvgIpc) is 3.39. The number of rotatable bonds is 3. The molecule has 5 aromatic rings. The molecular weight excluding hydrogens is 344 g/mol. The molecule has 0 radical (unpaired) electrons. The zero-order chi connectivity index (χ0) is 17.7. The van der Waals surface area contributed by atoms with Crippen molar-refractivity contribution in [3.8, 4) is 32.1 Å². The fraction of sp³-hybridized carbons (Fsp3) is 0.105. The van der Waals surface area contributed by atoms with Crippen molar-refractivity contribution < 1.29 is 0 Å². The number of pyridine rings is 1. The third kappa shape index (κ3) is 2.44. The van der Waals surface area contributed by atoms with E-state index in [1.54, 1.807) is 11.3 Å². The molecule has 128 valence electrons. The Balaban J connectivity index is 1.55. The van der Waals surface area contributed by atoms with Gasteiger partial charge in [0.25, 0.3) is 0 Å². The van der Waals surface area contributed by atoms with Crippen molar-refractivity contribution in [2.75, 3.05) is 0 Å². The Bertz CT molecular complexity index is 1220. The van der Waals surface area contributed by atoms with Crippen LogP contribution in [0.1, 0.15) is 0 Å². The first kappa shape index (κ1) is 15.1. The van der Waals surface area contributed by atoms with E-state index in [0.29, 0.717) is 0 Å². The molecule has 0 amide bonds. The predicted octanol–water partition coefficient (Wildman–Crippen LogP) is 3.86. The summed E-state index contributed by atoms with van der Waals surface area (Å²) in [4.78, 5) is 6.99. The Hall–Kier alpha value is -3.19. The van der Waals surface area contributed by atoms with Gasteiger partial charge in [0.15, 0.2) is 0 Å². The Morgan fingerprint density at radius 1 is 0.808 bits per heavy atom. The van der Waals surface area contributed by atoms with E-state index < -0.39 is 0 Å². The van der Waals surface area contributed by atoms with E-state index in [2.05, 4.69) is 50.0 Å². The molecule has 5 aromatic heterocycles. The highest BCUT2D eigenvalue weighted by Crippen LogP contribution is 2.35. The van der Waals surface area contributed by atoms with Gasteiger partial charge >= 0.3 is 0 Å². The van der Waals surface area contributed by atoms with E-state index in [0.717, 1.165) is 28.0 Å². The Kier molecular flexibility index (Phi) is 3.29. The lowest BCUT2D eigenvalue weighted by Gasteiger charge is -2.02. The molecule has 0 saturated heterocycles. The van der Waals surface area contributed by atoms with Gasteiger partial charge in [-0.05, 0) is 29.8 Å². The first-order chi connectivity index (χ1) is 12.7. The maximum absolute atomic E-state index is 4.60. The lowest BCUT2D eigenvalue weighted by atomic mass is 10.1. The van der Waals surface area contributed by atoms with Crippen molar-refractivity contribution >= 4 is 17.0 Å². The molecule has 0 aromatic carbocycles. The van der Waals surface area contributed by atoms with Gasteiger partial charge < -0.3 is 0 Å². The van der Waals surface area contributed by atoms with Gasteiger partial charge in [-0.1, -0.05) is 0 Å². The maximum atomic E-state index is 4.60. The van der Waals surface area contributed by atoms with Crippen molar-refractivity contribution in [1.82, 2.24) is 28.9 Å². The molecule has 0 N–H and O–H groups in total. The summed E-state index contributed by atoms with van der Waals surface area (Å²) in [7, 11) is 3.86. The fourth-order valence-corrected chi connectivity index (χ4v) is 4.08. The Labute approximate surface area is 154 Å². The highest BCUT2D eigenvalue weighted by molar-refractivity contribution is 7.18. The highest BCUT2D eigenvalue weighted by atomic mass is 32.1. The number of imidazole rings is 1. The van der Waals surface area contributed by atoms with Crippen LogP contribution in [-0.4, -0.2) is 28.9 Å². The molecule has 5 rings (SSSR count). The first-order valence-corrected chi connectivity index (χ1v) is 9.04. The number of aromatic nitrogens is 6. The standard InChI is InChI=1S/C19H16N6S/c1-23-11-14(8-21-23)13-5-6-25-16(10-20-19(25)7-13)18-4-3-17(26-18)15-9-22-24(2)12-15/h3-12H,1-2H3. The van der Waals surface area contributed by atoms with Crippen LogP contribution < -0.4 is 0 Å². The molecule has 5 heterocycles. The summed E-state index contributed by atoms with van der Waals surface area (Å²) < 4.78 is 5.75. The Morgan fingerprint density at radius 3 is 2.27 bits per heavy atom. The Morgan fingerprint density at radius 2 is 1.54 bits per heavy atom. The second-order valence-corrected chi connectivity index (χ2v) is 7.34. The van der Waals surface area contributed by atoms with E-state index in [4.69, 9.17) is 0 Å². The van der Waals surface area contributed by atoms with Crippen LogP contribution in [0.2, 0.25) is 0 Å². The largest absolute Gasteiger partial charge is 0.299 e. The fourth-order valence-electron chi connectivity index (χ4n) is 3.09. The molecule has 0 saturated carbocycles. The van der Waals surface area contributed by atoms with E-state index in [1.165, 1.54) is 9.75 Å². The normalized spacial score (nSPS) is 11.5. The van der Waals surface area contributed by atoms with Crippen LogP contribution in [0.25, 0.3) is 37.8 Å². The van der Waals surface area contributed by atoms with Crippen LogP contribution >= 0.6 is 11.3 Å². The predicted molar refractivity (Wildman–Crippen MR) is 103 cm³/mol. The zero-order valence-electron chi connectivity index (χ0n) is 14.4. The number of aryl methyl sites for hydroxylation is 2. The third-order valence-electron chi connectivity index (χ3n) is 4.40. The summed E-state index contributed by atoms with van der Waals surface area (Å²) >= 11 is 1.75. The summed E-state index contributed by atoms with van der Waals surface area (Å²) in [5.41, 5.74) is 5.37. The van der Waals surface area contributed by atoms with E-state index in [9.17, 15) is 0 Å². The van der Waals surface area contributed by atoms with Gasteiger partial charge in [0.2, 0.25) is 0 Å². The molecular formula is C19H16N6S. The topological polar surface area (TPSA) is 52.9 Å². The molecule has 0 atom stereocenters. The van der Waals surface area contributed by atoms with E-state index in [-0.39, 0.29) is 0 Å². The summed E-state index contributed by atoms with van der Waals surface area (Å²) in [5, 5.41) is 8.50. The number of nitrogens with zero attached hydrogens (tertiary/aromatic N) is 6. The molecule has 7 heteroatoms. The van der Waals surface area contributed by atoms with Gasteiger partial charge in [0.1, 0.15) is 5.65 Å². The minimum atomic E-state index is 0.928. The summed E-state index contributed by atoms with van der Waals surface area (Å²) in [5.74, 6) is 0. The molecule has 0 unspecified atom stereocenters. The molecule has 6 nitrogen and oxygen atoms in total. The molecule has 0 fully saturated rings. The lowest BCUT2D eigenvalue weighted by Crippen LogP contribution is -1.87. The molecule has 0 bridgehead atoms. The van der Waals surface area contributed by atoms with E-state index >= 15 is 0 Å². The van der Waals surface area contributed by atoms with Crippen LogP contribution in [-0.2, 0) is 14.1 Å². The molecule has 0 aliphatic carbocycles. The van der Waals surface area contributed by atoms with Crippen molar-refractivity contribution in [3.63, 3.8) is 0 Å². The minimum absolute atomic E-state index is 0.928. The van der Waals surface area contributed by atoms with Crippen LogP contribution in [0.5, 0.6) is 0 Å². The quantitative estimate of drug-likeness (QED) is 0.491. The van der Waals surface area contributed by atoms with Gasteiger partial charge in [-0.3, -0.25) is 13.8 Å². The SMILES string of the molecule is Cn1cc(-c2ccn3c(-c4ccc(-c5cnn(C)c5)s4)cnc3c2)cn1. The van der Waals surface area contributed by atoms with Crippen LogP contribution in [0.4, 0.5) is 0 Å². The van der Waals surface area contributed by atoms with Crippen molar-refractivity contribution in [3.05, 3.63) is 61.4 Å². The highest BCUT2D eigenvalue weighted by Gasteiger charge is 2.12. The summed E-state index contributed by atoms with van der Waals surface area (Å²) in [6.45, 7) is 0. The van der Waals surface area contributed by atoms with Crippen molar-refractivity contribution in [1.29, 1.82) is 0 Å².